The molecular formula is C13H19NO. The number of aliphatic hydroxyl groups excluding tert-OH is 1. The first-order chi connectivity index (χ1) is 7.31. The quantitative estimate of drug-likeness (QED) is 0.814. The summed E-state index contributed by atoms with van der Waals surface area (Å²) >= 11 is 0. The number of likely N-dealkylation sites (tertiary alicyclic amines) is 1. The van der Waals surface area contributed by atoms with Gasteiger partial charge in [0.1, 0.15) is 0 Å². The Morgan fingerprint density at radius 1 is 1.33 bits per heavy atom. The van der Waals surface area contributed by atoms with Crippen LogP contribution in [0, 0.1) is 5.92 Å². The van der Waals surface area contributed by atoms with Crippen LogP contribution in [-0.4, -0.2) is 29.2 Å². The summed E-state index contributed by atoms with van der Waals surface area (Å²) in [7, 11) is 0. The van der Waals surface area contributed by atoms with Gasteiger partial charge in [0, 0.05) is 12.6 Å². The lowest BCUT2D eigenvalue weighted by Gasteiger charge is -2.24. The van der Waals surface area contributed by atoms with Crippen LogP contribution in [-0.2, 0) is 6.54 Å². The molecule has 1 N–H and O–H groups in total. The van der Waals surface area contributed by atoms with Gasteiger partial charge in [-0.05, 0) is 24.4 Å². The zero-order valence-corrected chi connectivity index (χ0v) is 9.26. The number of benzene rings is 1. The molecular weight excluding hydrogens is 186 g/mol. The monoisotopic (exact) mass is 205 g/mol. The average Bonchev–Trinajstić information content (AvgIpc) is 2.61. The molecule has 0 saturated carbocycles. The standard InChI is InChI=1S/C13H19NO/c1-11-7-8-14(13(11)10-15)9-12-5-3-2-4-6-12/h2-6,11,13,15H,7-10H2,1H3/t11-,13-/m1/s1. The van der Waals surface area contributed by atoms with Gasteiger partial charge in [-0.3, -0.25) is 4.90 Å². The third kappa shape index (κ3) is 2.39. The second kappa shape index (κ2) is 4.77. The molecule has 15 heavy (non-hydrogen) atoms. The van der Waals surface area contributed by atoms with E-state index in [-0.39, 0.29) is 6.61 Å². The van der Waals surface area contributed by atoms with Crippen LogP contribution in [0.1, 0.15) is 18.9 Å². The normalized spacial score (nSPS) is 27.1. The molecule has 0 radical (unpaired) electrons. The highest BCUT2D eigenvalue weighted by Crippen LogP contribution is 2.25. The van der Waals surface area contributed by atoms with E-state index < -0.39 is 0 Å². The van der Waals surface area contributed by atoms with Gasteiger partial charge >= 0.3 is 0 Å². The van der Waals surface area contributed by atoms with Gasteiger partial charge in [-0.1, -0.05) is 37.3 Å². The smallest absolute Gasteiger partial charge is 0.0589 e. The molecule has 1 aromatic rings. The zero-order chi connectivity index (χ0) is 10.7. The Labute approximate surface area is 91.5 Å². The van der Waals surface area contributed by atoms with E-state index in [9.17, 15) is 5.11 Å². The minimum atomic E-state index is 0.286. The Bertz CT molecular complexity index is 299. The SMILES string of the molecule is C[C@@H]1CCN(Cc2ccccc2)[C@@H]1CO. The van der Waals surface area contributed by atoms with E-state index in [1.165, 1.54) is 12.0 Å². The van der Waals surface area contributed by atoms with Crippen molar-refractivity contribution in [2.75, 3.05) is 13.2 Å². The first-order valence-electron chi connectivity index (χ1n) is 5.70. The molecule has 0 amide bonds. The molecule has 1 aliphatic heterocycles. The molecule has 2 rings (SSSR count). The number of hydrogen-bond donors (Lipinski definition) is 1. The van der Waals surface area contributed by atoms with Crippen LogP contribution < -0.4 is 0 Å². The summed E-state index contributed by atoms with van der Waals surface area (Å²) in [4.78, 5) is 2.39. The molecule has 1 fully saturated rings. The molecule has 0 spiro atoms. The van der Waals surface area contributed by atoms with Crippen molar-refractivity contribution < 1.29 is 5.11 Å². The fourth-order valence-corrected chi connectivity index (χ4v) is 2.40. The minimum Gasteiger partial charge on any atom is -0.395 e. The highest BCUT2D eigenvalue weighted by atomic mass is 16.3. The van der Waals surface area contributed by atoms with E-state index in [0.29, 0.717) is 12.0 Å². The topological polar surface area (TPSA) is 23.5 Å². The number of hydrogen-bond acceptors (Lipinski definition) is 2. The van der Waals surface area contributed by atoms with E-state index in [0.717, 1.165) is 13.1 Å². The van der Waals surface area contributed by atoms with Crippen LogP contribution in [0.15, 0.2) is 30.3 Å². The van der Waals surface area contributed by atoms with Crippen molar-refractivity contribution in [1.29, 1.82) is 0 Å². The van der Waals surface area contributed by atoms with E-state index in [4.69, 9.17) is 0 Å². The number of aliphatic hydroxyl groups is 1. The molecule has 1 aromatic carbocycles. The Morgan fingerprint density at radius 3 is 2.73 bits per heavy atom. The second-order valence-electron chi connectivity index (χ2n) is 4.47. The summed E-state index contributed by atoms with van der Waals surface area (Å²) in [6, 6.07) is 10.8. The summed E-state index contributed by atoms with van der Waals surface area (Å²) in [6.45, 7) is 4.59. The molecule has 82 valence electrons. The van der Waals surface area contributed by atoms with E-state index in [2.05, 4.69) is 36.1 Å². The van der Waals surface area contributed by atoms with Crippen molar-refractivity contribution in [3.63, 3.8) is 0 Å². The van der Waals surface area contributed by atoms with Gasteiger partial charge in [0.15, 0.2) is 0 Å². The summed E-state index contributed by atoms with van der Waals surface area (Å²) in [5, 5.41) is 9.34. The van der Waals surface area contributed by atoms with Gasteiger partial charge in [-0.2, -0.15) is 0 Å². The van der Waals surface area contributed by atoms with Crippen molar-refractivity contribution in [1.82, 2.24) is 4.90 Å². The van der Waals surface area contributed by atoms with Crippen LogP contribution in [0.2, 0.25) is 0 Å². The van der Waals surface area contributed by atoms with Gasteiger partial charge in [0.25, 0.3) is 0 Å². The van der Waals surface area contributed by atoms with Crippen LogP contribution in [0.3, 0.4) is 0 Å². The maximum Gasteiger partial charge on any atom is 0.0589 e. The van der Waals surface area contributed by atoms with Crippen LogP contribution >= 0.6 is 0 Å². The molecule has 0 bridgehead atoms. The van der Waals surface area contributed by atoms with Crippen molar-refractivity contribution in [3.05, 3.63) is 35.9 Å². The Kier molecular flexibility index (Phi) is 3.39. The van der Waals surface area contributed by atoms with Crippen LogP contribution in [0.25, 0.3) is 0 Å². The Hall–Kier alpha value is -0.860. The molecule has 2 atom stereocenters. The second-order valence-corrected chi connectivity index (χ2v) is 4.47. The molecule has 1 saturated heterocycles. The fourth-order valence-electron chi connectivity index (χ4n) is 2.40. The number of rotatable bonds is 3. The third-order valence-electron chi connectivity index (χ3n) is 3.41. The zero-order valence-electron chi connectivity index (χ0n) is 9.26. The van der Waals surface area contributed by atoms with Crippen molar-refractivity contribution >= 4 is 0 Å². The maximum absolute atomic E-state index is 9.34. The Balaban J connectivity index is 2.00. The molecule has 1 aliphatic rings. The highest BCUT2D eigenvalue weighted by molar-refractivity contribution is 5.14. The van der Waals surface area contributed by atoms with Crippen molar-refractivity contribution in [3.8, 4) is 0 Å². The largest absolute Gasteiger partial charge is 0.395 e. The third-order valence-corrected chi connectivity index (χ3v) is 3.41. The fraction of sp³-hybridized carbons (Fsp3) is 0.538. The lowest BCUT2D eigenvalue weighted by Crippen LogP contribution is -2.34. The van der Waals surface area contributed by atoms with E-state index >= 15 is 0 Å². The highest BCUT2D eigenvalue weighted by Gasteiger charge is 2.29. The summed E-state index contributed by atoms with van der Waals surface area (Å²) < 4.78 is 0. The average molecular weight is 205 g/mol. The molecule has 2 nitrogen and oxygen atoms in total. The van der Waals surface area contributed by atoms with Gasteiger partial charge in [0.05, 0.1) is 6.61 Å². The van der Waals surface area contributed by atoms with Gasteiger partial charge in [0.2, 0.25) is 0 Å². The summed E-state index contributed by atoms with van der Waals surface area (Å²) in [5.41, 5.74) is 1.34. The predicted octanol–water partition coefficient (Wildman–Crippen LogP) is 1.89. The molecule has 0 aromatic heterocycles. The minimum absolute atomic E-state index is 0.286. The lowest BCUT2D eigenvalue weighted by molar-refractivity contribution is 0.134. The van der Waals surface area contributed by atoms with Crippen molar-refractivity contribution in [2.45, 2.75) is 25.9 Å². The maximum atomic E-state index is 9.34. The van der Waals surface area contributed by atoms with Crippen LogP contribution in [0.4, 0.5) is 0 Å². The van der Waals surface area contributed by atoms with E-state index in [1.807, 2.05) is 6.07 Å². The molecule has 2 heteroatoms. The predicted molar refractivity (Wildman–Crippen MR) is 61.5 cm³/mol. The number of nitrogens with zero attached hydrogens (tertiary/aromatic N) is 1. The summed E-state index contributed by atoms with van der Waals surface area (Å²) in [6.07, 6.45) is 1.21. The molecule has 0 aliphatic carbocycles. The van der Waals surface area contributed by atoms with Crippen molar-refractivity contribution in [2.24, 2.45) is 5.92 Å². The van der Waals surface area contributed by atoms with Crippen LogP contribution in [0.5, 0.6) is 0 Å². The first kappa shape index (κ1) is 10.7. The first-order valence-corrected chi connectivity index (χ1v) is 5.70. The van der Waals surface area contributed by atoms with Gasteiger partial charge in [-0.15, -0.1) is 0 Å². The van der Waals surface area contributed by atoms with E-state index in [1.54, 1.807) is 0 Å². The molecule has 0 unspecified atom stereocenters. The lowest BCUT2D eigenvalue weighted by atomic mass is 10.0. The summed E-state index contributed by atoms with van der Waals surface area (Å²) in [5.74, 6) is 0.624. The van der Waals surface area contributed by atoms with Gasteiger partial charge < -0.3 is 5.11 Å². The molecule has 1 heterocycles. The van der Waals surface area contributed by atoms with Gasteiger partial charge in [-0.25, -0.2) is 0 Å². The Morgan fingerprint density at radius 2 is 2.07 bits per heavy atom.